The van der Waals surface area contributed by atoms with E-state index in [1.165, 1.54) is 10.9 Å². The molecule has 0 saturated heterocycles. The van der Waals surface area contributed by atoms with E-state index in [1.807, 2.05) is 19.2 Å². The van der Waals surface area contributed by atoms with Gasteiger partial charge in [-0.2, -0.15) is 0 Å². The van der Waals surface area contributed by atoms with Gasteiger partial charge < -0.3 is 10.3 Å². The van der Waals surface area contributed by atoms with Gasteiger partial charge in [0.2, 0.25) is 0 Å². The second-order valence-corrected chi connectivity index (χ2v) is 4.93. The summed E-state index contributed by atoms with van der Waals surface area (Å²) >= 11 is 0. The number of fused-ring (bicyclic) bond motifs is 1. The Morgan fingerprint density at radius 1 is 1.41 bits per heavy atom. The SMILES string of the molecule is CC(=O)[C@](C)(N)Cc1cn(C)c2ccccc12. The first-order valence-electron chi connectivity index (χ1n) is 5.74. The number of nitrogens with zero attached hydrogens (tertiary/aromatic N) is 1. The number of aromatic nitrogens is 1. The van der Waals surface area contributed by atoms with Crippen molar-refractivity contribution in [1.29, 1.82) is 0 Å². The highest BCUT2D eigenvalue weighted by atomic mass is 16.1. The number of rotatable bonds is 3. The Bertz CT molecular complexity index is 567. The first-order valence-corrected chi connectivity index (χ1v) is 5.74. The van der Waals surface area contributed by atoms with Gasteiger partial charge in [0.25, 0.3) is 0 Å². The van der Waals surface area contributed by atoms with E-state index in [9.17, 15) is 4.79 Å². The third kappa shape index (κ3) is 2.11. The summed E-state index contributed by atoms with van der Waals surface area (Å²) in [7, 11) is 2.01. The third-order valence-electron chi connectivity index (χ3n) is 3.34. The molecule has 0 saturated carbocycles. The molecule has 0 unspecified atom stereocenters. The van der Waals surface area contributed by atoms with Gasteiger partial charge in [0.05, 0.1) is 5.54 Å². The van der Waals surface area contributed by atoms with Crippen molar-refractivity contribution < 1.29 is 4.79 Å². The third-order valence-corrected chi connectivity index (χ3v) is 3.34. The fourth-order valence-corrected chi connectivity index (χ4v) is 2.09. The lowest BCUT2D eigenvalue weighted by molar-refractivity contribution is -0.121. The van der Waals surface area contributed by atoms with Crippen molar-refractivity contribution in [1.82, 2.24) is 4.57 Å². The van der Waals surface area contributed by atoms with E-state index in [0.29, 0.717) is 6.42 Å². The van der Waals surface area contributed by atoms with Crippen LogP contribution in [0, 0.1) is 0 Å². The van der Waals surface area contributed by atoms with E-state index in [0.717, 1.165) is 5.56 Å². The molecule has 0 aliphatic carbocycles. The van der Waals surface area contributed by atoms with Crippen LogP contribution in [0.25, 0.3) is 10.9 Å². The highest BCUT2D eigenvalue weighted by Gasteiger charge is 2.26. The number of ketones is 1. The van der Waals surface area contributed by atoms with Gasteiger partial charge in [-0.1, -0.05) is 18.2 Å². The van der Waals surface area contributed by atoms with E-state index < -0.39 is 5.54 Å². The lowest BCUT2D eigenvalue weighted by Crippen LogP contribution is -2.45. The smallest absolute Gasteiger partial charge is 0.149 e. The number of hydrogen-bond acceptors (Lipinski definition) is 2. The summed E-state index contributed by atoms with van der Waals surface area (Å²) in [4.78, 5) is 11.5. The number of aryl methyl sites for hydroxylation is 1. The van der Waals surface area contributed by atoms with E-state index in [4.69, 9.17) is 5.73 Å². The van der Waals surface area contributed by atoms with Crippen LogP contribution in [0.1, 0.15) is 19.4 Å². The zero-order valence-corrected chi connectivity index (χ0v) is 10.5. The van der Waals surface area contributed by atoms with Crippen molar-refractivity contribution >= 4 is 16.7 Å². The second kappa shape index (κ2) is 4.00. The van der Waals surface area contributed by atoms with Crippen LogP contribution in [-0.4, -0.2) is 15.9 Å². The van der Waals surface area contributed by atoms with E-state index in [2.05, 4.69) is 22.9 Å². The average molecular weight is 230 g/mol. The molecule has 2 rings (SSSR count). The van der Waals surface area contributed by atoms with E-state index in [-0.39, 0.29) is 5.78 Å². The number of para-hydroxylation sites is 1. The van der Waals surface area contributed by atoms with Gasteiger partial charge in [-0.3, -0.25) is 4.79 Å². The topological polar surface area (TPSA) is 48.0 Å². The normalized spacial score (nSPS) is 14.8. The van der Waals surface area contributed by atoms with E-state index >= 15 is 0 Å². The monoisotopic (exact) mass is 230 g/mol. The van der Waals surface area contributed by atoms with Crippen LogP contribution in [0.2, 0.25) is 0 Å². The molecule has 90 valence electrons. The number of hydrogen-bond donors (Lipinski definition) is 1. The highest BCUT2D eigenvalue weighted by molar-refractivity contribution is 5.88. The fourth-order valence-electron chi connectivity index (χ4n) is 2.09. The van der Waals surface area contributed by atoms with Crippen LogP contribution in [0.15, 0.2) is 30.5 Å². The number of benzene rings is 1. The standard InChI is InChI=1S/C14H18N2O/c1-10(17)14(2,15)8-11-9-16(3)13-7-5-4-6-12(11)13/h4-7,9H,8,15H2,1-3H3/t14-/m1/s1. The molecule has 1 heterocycles. The van der Waals surface area contributed by atoms with Crippen LogP contribution in [0.3, 0.4) is 0 Å². The van der Waals surface area contributed by atoms with Gasteiger partial charge >= 0.3 is 0 Å². The Balaban J connectivity index is 2.47. The van der Waals surface area contributed by atoms with Crippen molar-refractivity contribution in [3.63, 3.8) is 0 Å². The summed E-state index contributed by atoms with van der Waals surface area (Å²) < 4.78 is 2.07. The lowest BCUT2D eigenvalue weighted by atomic mass is 9.90. The molecular weight excluding hydrogens is 212 g/mol. The summed E-state index contributed by atoms with van der Waals surface area (Å²) in [6.07, 6.45) is 2.63. The Morgan fingerprint density at radius 2 is 2.06 bits per heavy atom. The first-order chi connectivity index (χ1) is 7.92. The first kappa shape index (κ1) is 11.9. The minimum absolute atomic E-state index is 0.0189. The molecule has 1 aromatic carbocycles. The molecule has 17 heavy (non-hydrogen) atoms. The van der Waals surface area contributed by atoms with Crippen LogP contribution in [-0.2, 0) is 18.3 Å². The summed E-state index contributed by atoms with van der Waals surface area (Å²) in [5.41, 5.74) is 7.54. The molecule has 3 nitrogen and oxygen atoms in total. The van der Waals surface area contributed by atoms with Crippen molar-refractivity contribution in [3.8, 4) is 0 Å². The molecular formula is C14H18N2O. The second-order valence-electron chi connectivity index (χ2n) is 4.93. The molecule has 0 fully saturated rings. The molecule has 2 aromatic rings. The van der Waals surface area contributed by atoms with Gasteiger partial charge in [-0.05, 0) is 31.9 Å². The van der Waals surface area contributed by atoms with Crippen LogP contribution < -0.4 is 5.73 Å². The van der Waals surface area contributed by atoms with Gasteiger partial charge in [-0.25, -0.2) is 0 Å². The molecule has 1 atom stereocenters. The fraction of sp³-hybridized carbons (Fsp3) is 0.357. The Labute approximate surface area is 101 Å². The summed E-state index contributed by atoms with van der Waals surface area (Å²) in [6.45, 7) is 3.34. The van der Waals surface area contributed by atoms with Crippen LogP contribution >= 0.6 is 0 Å². The van der Waals surface area contributed by atoms with Gasteiger partial charge in [0.1, 0.15) is 5.78 Å². The molecule has 3 heteroatoms. The predicted molar refractivity (Wildman–Crippen MR) is 69.9 cm³/mol. The van der Waals surface area contributed by atoms with Gasteiger partial charge in [0, 0.05) is 24.1 Å². The minimum atomic E-state index is -0.788. The molecule has 0 bridgehead atoms. The maximum atomic E-state index is 11.5. The Hall–Kier alpha value is -1.61. The minimum Gasteiger partial charge on any atom is -0.350 e. The maximum Gasteiger partial charge on any atom is 0.149 e. The summed E-state index contributed by atoms with van der Waals surface area (Å²) in [6, 6.07) is 8.16. The van der Waals surface area contributed by atoms with Crippen molar-refractivity contribution in [2.75, 3.05) is 0 Å². The summed E-state index contributed by atoms with van der Waals surface area (Å²) in [5.74, 6) is 0.0189. The number of nitrogens with two attached hydrogens (primary N) is 1. The molecule has 0 radical (unpaired) electrons. The van der Waals surface area contributed by atoms with Crippen molar-refractivity contribution in [2.45, 2.75) is 25.8 Å². The zero-order chi connectivity index (χ0) is 12.6. The number of carbonyl (C=O) groups is 1. The molecule has 0 spiro atoms. The molecule has 0 amide bonds. The quantitative estimate of drug-likeness (QED) is 0.877. The van der Waals surface area contributed by atoms with Gasteiger partial charge in [0.15, 0.2) is 0 Å². The zero-order valence-electron chi connectivity index (χ0n) is 10.5. The van der Waals surface area contributed by atoms with Gasteiger partial charge in [-0.15, -0.1) is 0 Å². The Morgan fingerprint density at radius 3 is 2.71 bits per heavy atom. The van der Waals surface area contributed by atoms with E-state index in [1.54, 1.807) is 13.8 Å². The average Bonchev–Trinajstić information content (AvgIpc) is 2.56. The van der Waals surface area contributed by atoms with Crippen molar-refractivity contribution in [2.24, 2.45) is 12.8 Å². The lowest BCUT2D eigenvalue weighted by Gasteiger charge is -2.20. The highest BCUT2D eigenvalue weighted by Crippen LogP contribution is 2.23. The molecule has 0 aliphatic rings. The van der Waals surface area contributed by atoms with Crippen LogP contribution in [0.5, 0.6) is 0 Å². The largest absolute Gasteiger partial charge is 0.350 e. The number of carbonyl (C=O) groups excluding carboxylic acids is 1. The summed E-state index contributed by atoms with van der Waals surface area (Å²) in [5, 5.41) is 1.17. The molecule has 2 N–H and O–H groups in total. The van der Waals surface area contributed by atoms with Crippen molar-refractivity contribution in [3.05, 3.63) is 36.0 Å². The Kier molecular flexibility index (Phi) is 2.79. The number of Topliss-reactive ketones (excluding diaryl/α,β-unsaturated/α-hetero) is 1. The predicted octanol–water partition coefficient (Wildman–Crippen LogP) is 2.03. The molecule has 0 aliphatic heterocycles. The maximum absolute atomic E-state index is 11.5. The molecule has 1 aromatic heterocycles. The van der Waals surface area contributed by atoms with Crippen LogP contribution in [0.4, 0.5) is 0 Å².